The third kappa shape index (κ3) is 1.46. The first-order chi connectivity index (χ1) is 7.15. The number of pyridine rings is 1. The zero-order chi connectivity index (χ0) is 11.0. The highest BCUT2D eigenvalue weighted by Crippen LogP contribution is 2.24. The Labute approximate surface area is 87.0 Å². The zero-order valence-corrected chi connectivity index (χ0v) is 8.59. The molecule has 15 heavy (non-hydrogen) atoms. The summed E-state index contributed by atoms with van der Waals surface area (Å²) in [6, 6.07) is 0. The van der Waals surface area contributed by atoms with Crippen LogP contribution in [0.5, 0.6) is 0 Å². The molecular formula is C11H13NO3. The number of aryl methyl sites for hydroxylation is 1. The number of carboxylic acid groups (broad SMARTS) is 1. The average Bonchev–Trinajstić information content (AvgIpc) is 2.62. The third-order valence-corrected chi connectivity index (χ3v) is 2.93. The van der Waals surface area contributed by atoms with Gasteiger partial charge in [-0.3, -0.25) is 4.79 Å². The third-order valence-electron chi connectivity index (χ3n) is 2.93. The van der Waals surface area contributed by atoms with Crippen molar-refractivity contribution in [2.24, 2.45) is 0 Å². The van der Waals surface area contributed by atoms with E-state index < -0.39 is 5.97 Å². The molecule has 0 amide bonds. The van der Waals surface area contributed by atoms with Gasteiger partial charge in [-0.2, -0.15) is 0 Å². The van der Waals surface area contributed by atoms with E-state index in [2.05, 4.69) is 4.98 Å². The maximum absolute atomic E-state index is 11.6. The van der Waals surface area contributed by atoms with E-state index in [-0.39, 0.29) is 11.1 Å². The van der Waals surface area contributed by atoms with Crippen LogP contribution >= 0.6 is 0 Å². The first-order valence-corrected chi connectivity index (χ1v) is 5.15. The summed E-state index contributed by atoms with van der Waals surface area (Å²) in [5, 5.41) is 9.13. The molecule has 0 saturated heterocycles. The van der Waals surface area contributed by atoms with E-state index in [1.54, 1.807) is 6.92 Å². The van der Waals surface area contributed by atoms with E-state index >= 15 is 0 Å². The molecule has 1 aromatic rings. The normalized spacial score (nSPS) is 13.9. The minimum absolute atomic E-state index is 0.240. The first-order valence-electron chi connectivity index (χ1n) is 5.15. The summed E-state index contributed by atoms with van der Waals surface area (Å²) in [5.41, 5.74) is 2.06. The molecule has 2 rings (SSSR count). The van der Waals surface area contributed by atoms with Crippen LogP contribution < -0.4 is 5.56 Å². The predicted octanol–water partition coefficient (Wildman–Crippen LogP) is 1.12. The van der Waals surface area contributed by atoms with Crippen LogP contribution in [0.15, 0.2) is 4.79 Å². The molecule has 0 saturated carbocycles. The quantitative estimate of drug-likeness (QED) is 0.763. The Kier molecular flexibility index (Phi) is 2.34. The lowest BCUT2D eigenvalue weighted by Crippen LogP contribution is -2.21. The van der Waals surface area contributed by atoms with Gasteiger partial charge in [0.2, 0.25) is 0 Å². The standard InChI is InChI=1S/C11H13NO3/c1-2-6-9(11(14)15)7-4-3-5-8(7)12-10(6)13/h2-5H2,1H3,(H,12,13)(H,14,15). The Bertz CT molecular complexity index is 473. The molecule has 80 valence electrons. The van der Waals surface area contributed by atoms with Crippen molar-refractivity contribution in [3.05, 3.63) is 32.7 Å². The number of aromatic carboxylic acids is 1. The fourth-order valence-corrected chi connectivity index (χ4v) is 2.26. The lowest BCUT2D eigenvalue weighted by atomic mass is 10.0. The van der Waals surface area contributed by atoms with Crippen LogP contribution in [0.2, 0.25) is 0 Å². The van der Waals surface area contributed by atoms with E-state index in [0.717, 1.165) is 30.5 Å². The summed E-state index contributed by atoms with van der Waals surface area (Å²) in [4.78, 5) is 25.5. The van der Waals surface area contributed by atoms with Gasteiger partial charge in [-0.15, -0.1) is 0 Å². The van der Waals surface area contributed by atoms with Crippen molar-refractivity contribution in [3.63, 3.8) is 0 Å². The van der Waals surface area contributed by atoms with Gasteiger partial charge >= 0.3 is 5.97 Å². The van der Waals surface area contributed by atoms with E-state index in [1.165, 1.54) is 0 Å². The van der Waals surface area contributed by atoms with Gasteiger partial charge < -0.3 is 10.1 Å². The molecule has 0 spiro atoms. The monoisotopic (exact) mass is 207 g/mol. The maximum atomic E-state index is 11.6. The van der Waals surface area contributed by atoms with Crippen LogP contribution in [0.25, 0.3) is 0 Å². The van der Waals surface area contributed by atoms with Crippen molar-refractivity contribution < 1.29 is 9.90 Å². The van der Waals surface area contributed by atoms with Gasteiger partial charge in [0.05, 0.1) is 5.56 Å². The molecule has 0 atom stereocenters. The fraction of sp³-hybridized carbons (Fsp3) is 0.455. The van der Waals surface area contributed by atoms with Crippen molar-refractivity contribution in [1.82, 2.24) is 4.98 Å². The Morgan fingerprint density at radius 2 is 2.20 bits per heavy atom. The second-order valence-corrected chi connectivity index (χ2v) is 3.78. The summed E-state index contributed by atoms with van der Waals surface area (Å²) in [6.45, 7) is 1.80. The number of carbonyl (C=O) groups is 1. The number of H-pyrrole nitrogens is 1. The van der Waals surface area contributed by atoms with E-state index in [4.69, 9.17) is 5.11 Å². The van der Waals surface area contributed by atoms with Crippen LogP contribution in [0.1, 0.15) is 40.5 Å². The number of hydrogen-bond acceptors (Lipinski definition) is 2. The first kappa shape index (κ1) is 9.96. The van der Waals surface area contributed by atoms with E-state index in [1.807, 2.05) is 0 Å². The highest BCUT2D eigenvalue weighted by Gasteiger charge is 2.24. The maximum Gasteiger partial charge on any atom is 0.336 e. The molecule has 4 nitrogen and oxygen atoms in total. The Morgan fingerprint density at radius 1 is 1.47 bits per heavy atom. The number of aromatic nitrogens is 1. The summed E-state index contributed by atoms with van der Waals surface area (Å²) >= 11 is 0. The summed E-state index contributed by atoms with van der Waals surface area (Å²) < 4.78 is 0. The fourth-order valence-electron chi connectivity index (χ4n) is 2.26. The van der Waals surface area contributed by atoms with Crippen molar-refractivity contribution in [3.8, 4) is 0 Å². The average molecular weight is 207 g/mol. The van der Waals surface area contributed by atoms with Gasteiger partial charge in [0.1, 0.15) is 0 Å². The SMILES string of the molecule is CCc1c(C(=O)O)c2c([nH]c1=O)CCC2. The molecular weight excluding hydrogens is 194 g/mol. The molecule has 0 aliphatic heterocycles. The summed E-state index contributed by atoms with van der Waals surface area (Å²) in [5.74, 6) is -0.976. The second kappa shape index (κ2) is 3.53. The number of aromatic amines is 1. The Morgan fingerprint density at radius 3 is 2.80 bits per heavy atom. The van der Waals surface area contributed by atoms with Crippen molar-refractivity contribution in [2.45, 2.75) is 32.6 Å². The minimum Gasteiger partial charge on any atom is -0.478 e. The van der Waals surface area contributed by atoms with E-state index in [9.17, 15) is 9.59 Å². The minimum atomic E-state index is -0.976. The largest absolute Gasteiger partial charge is 0.478 e. The summed E-state index contributed by atoms with van der Waals surface area (Å²) in [7, 11) is 0. The van der Waals surface area contributed by atoms with Gasteiger partial charge in [0.25, 0.3) is 5.56 Å². The van der Waals surface area contributed by atoms with Crippen LogP contribution in [-0.4, -0.2) is 16.1 Å². The topological polar surface area (TPSA) is 70.2 Å². The number of hydrogen-bond donors (Lipinski definition) is 2. The highest BCUT2D eigenvalue weighted by molar-refractivity contribution is 5.91. The zero-order valence-electron chi connectivity index (χ0n) is 8.59. The smallest absolute Gasteiger partial charge is 0.336 e. The van der Waals surface area contributed by atoms with Gasteiger partial charge in [-0.25, -0.2) is 4.79 Å². The Balaban J connectivity index is 2.77. The van der Waals surface area contributed by atoms with Gasteiger partial charge in [-0.1, -0.05) is 6.92 Å². The molecule has 0 aromatic carbocycles. The lowest BCUT2D eigenvalue weighted by molar-refractivity contribution is 0.0694. The molecule has 2 N–H and O–H groups in total. The number of rotatable bonds is 2. The van der Waals surface area contributed by atoms with Crippen LogP contribution in [0.4, 0.5) is 0 Å². The van der Waals surface area contributed by atoms with Crippen LogP contribution in [-0.2, 0) is 19.3 Å². The van der Waals surface area contributed by atoms with Crippen LogP contribution in [0, 0.1) is 0 Å². The molecule has 0 bridgehead atoms. The van der Waals surface area contributed by atoms with Crippen molar-refractivity contribution >= 4 is 5.97 Å². The molecule has 1 heterocycles. The molecule has 1 aliphatic rings. The van der Waals surface area contributed by atoms with Gasteiger partial charge in [-0.05, 0) is 31.2 Å². The van der Waals surface area contributed by atoms with E-state index in [0.29, 0.717) is 12.0 Å². The van der Waals surface area contributed by atoms with Gasteiger partial charge in [0, 0.05) is 11.3 Å². The van der Waals surface area contributed by atoms with Crippen LogP contribution in [0.3, 0.4) is 0 Å². The number of nitrogens with one attached hydrogen (secondary N) is 1. The van der Waals surface area contributed by atoms with Gasteiger partial charge in [0.15, 0.2) is 0 Å². The molecule has 0 unspecified atom stereocenters. The number of fused-ring (bicyclic) bond motifs is 1. The molecule has 4 heteroatoms. The number of carboxylic acids is 1. The molecule has 1 aromatic heterocycles. The molecule has 0 fully saturated rings. The Hall–Kier alpha value is -1.58. The molecule has 0 radical (unpaired) electrons. The predicted molar refractivity (Wildman–Crippen MR) is 55.4 cm³/mol. The van der Waals surface area contributed by atoms with Crippen molar-refractivity contribution in [1.29, 1.82) is 0 Å². The summed E-state index contributed by atoms with van der Waals surface area (Å²) in [6.07, 6.45) is 2.94. The van der Waals surface area contributed by atoms with Crippen molar-refractivity contribution in [2.75, 3.05) is 0 Å². The molecule has 1 aliphatic carbocycles. The second-order valence-electron chi connectivity index (χ2n) is 3.78. The highest BCUT2D eigenvalue weighted by atomic mass is 16.4. The lowest BCUT2D eigenvalue weighted by Gasteiger charge is -2.08.